The Morgan fingerprint density at radius 3 is 2.78 bits per heavy atom. The van der Waals surface area contributed by atoms with Gasteiger partial charge < -0.3 is 5.32 Å². The summed E-state index contributed by atoms with van der Waals surface area (Å²) < 4.78 is 1.03. The molecule has 1 amide bonds. The minimum Gasteiger partial charge on any atom is -0.324 e. The fourth-order valence-corrected chi connectivity index (χ4v) is 2.41. The molecule has 3 rings (SSSR count). The predicted octanol–water partition coefficient (Wildman–Crippen LogP) is 2.16. The number of hydrogen-bond donors (Lipinski definition) is 1. The summed E-state index contributed by atoms with van der Waals surface area (Å²) in [5, 5.41) is 17.7. The summed E-state index contributed by atoms with van der Waals surface area (Å²) in [5.41, 5.74) is 1.62. The number of carbonyl (C=O) groups excluding carboxylic acids is 1. The number of aryl methyl sites for hydroxylation is 1. The Morgan fingerprint density at radius 2 is 2.07 bits per heavy atom. The van der Waals surface area contributed by atoms with E-state index >= 15 is 0 Å². The Labute approximate surface area is 153 Å². The number of nitrogens with zero attached hydrogens (tertiary/aromatic N) is 4. The number of pyridine rings is 1. The maximum absolute atomic E-state index is 12.3. The molecular weight excluding hydrogens is 350 g/mol. The largest absolute Gasteiger partial charge is 0.324 e. The van der Waals surface area contributed by atoms with E-state index in [2.05, 4.69) is 15.4 Å². The first-order chi connectivity index (χ1) is 12.9. The van der Waals surface area contributed by atoms with Gasteiger partial charge in [0.2, 0.25) is 5.91 Å². The van der Waals surface area contributed by atoms with E-state index in [0.29, 0.717) is 22.5 Å². The summed E-state index contributed by atoms with van der Waals surface area (Å²) in [4.78, 5) is 38.7. The van der Waals surface area contributed by atoms with Crippen LogP contribution < -0.4 is 10.9 Å². The van der Waals surface area contributed by atoms with Gasteiger partial charge in [-0.25, -0.2) is 4.68 Å². The van der Waals surface area contributed by atoms with Crippen molar-refractivity contribution < 1.29 is 9.72 Å². The minimum atomic E-state index is -0.543. The van der Waals surface area contributed by atoms with Gasteiger partial charge in [-0.2, -0.15) is 5.10 Å². The summed E-state index contributed by atoms with van der Waals surface area (Å²) >= 11 is 0. The number of anilines is 1. The van der Waals surface area contributed by atoms with Crippen LogP contribution in [0.5, 0.6) is 0 Å². The molecule has 0 bridgehead atoms. The molecule has 9 heteroatoms. The highest BCUT2D eigenvalue weighted by molar-refractivity contribution is 5.91. The smallest absolute Gasteiger partial charge is 0.271 e. The van der Waals surface area contributed by atoms with E-state index in [4.69, 9.17) is 0 Å². The second-order valence-corrected chi connectivity index (χ2v) is 5.76. The third-order valence-corrected chi connectivity index (χ3v) is 3.82. The van der Waals surface area contributed by atoms with E-state index in [1.807, 2.05) is 0 Å². The maximum atomic E-state index is 12.3. The van der Waals surface area contributed by atoms with E-state index in [1.165, 1.54) is 18.2 Å². The lowest BCUT2D eigenvalue weighted by Gasteiger charge is -2.10. The molecule has 27 heavy (non-hydrogen) atoms. The van der Waals surface area contributed by atoms with Crippen molar-refractivity contribution >= 4 is 17.3 Å². The topological polar surface area (TPSA) is 120 Å². The standard InChI is InChI=1S/C18H15N5O4/c1-12-4-5-14(23(26)27)9-16(12)20-17(24)11-22-18(25)7-6-15(21-22)13-3-2-8-19-10-13/h2-10H,11H2,1H3,(H,20,24). The van der Waals surface area contributed by atoms with Gasteiger partial charge in [0.25, 0.3) is 11.2 Å². The average molecular weight is 365 g/mol. The molecule has 1 aromatic carbocycles. The lowest BCUT2D eigenvalue weighted by Crippen LogP contribution is -2.29. The van der Waals surface area contributed by atoms with E-state index in [9.17, 15) is 19.7 Å². The highest BCUT2D eigenvalue weighted by Gasteiger charge is 2.13. The van der Waals surface area contributed by atoms with Crippen molar-refractivity contribution in [1.29, 1.82) is 0 Å². The molecule has 0 aliphatic rings. The van der Waals surface area contributed by atoms with E-state index in [-0.39, 0.29) is 12.2 Å². The summed E-state index contributed by atoms with van der Waals surface area (Å²) in [7, 11) is 0. The Bertz CT molecular complexity index is 1060. The van der Waals surface area contributed by atoms with Crippen LogP contribution in [0.1, 0.15) is 5.56 Å². The van der Waals surface area contributed by atoms with Crippen LogP contribution in [0.4, 0.5) is 11.4 Å². The first-order valence-electron chi connectivity index (χ1n) is 7.97. The minimum absolute atomic E-state index is 0.134. The number of carbonyl (C=O) groups is 1. The molecule has 2 heterocycles. The van der Waals surface area contributed by atoms with Gasteiger partial charge in [0.15, 0.2) is 0 Å². The first kappa shape index (κ1) is 17.9. The zero-order valence-corrected chi connectivity index (χ0v) is 14.3. The van der Waals surface area contributed by atoms with E-state index < -0.39 is 16.4 Å². The first-order valence-corrected chi connectivity index (χ1v) is 7.97. The molecule has 2 aromatic heterocycles. The molecule has 0 saturated carbocycles. The van der Waals surface area contributed by atoms with E-state index in [1.54, 1.807) is 43.6 Å². The van der Waals surface area contributed by atoms with Gasteiger partial charge in [-0.05, 0) is 30.7 Å². The Hall–Kier alpha value is -3.88. The van der Waals surface area contributed by atoms with Crippen molar-refractivity contribution in [1.82, 2.24) is 14.8 Å². The Morgan fingerprint density at radius 1 is 1.26 bits per heavy atom. The number of nitro groups is 1. The van der Waals surface area contributed by atoms with Crippen molar-refractivity contribution in [3.8, 4) is 11.3 Å². The van der Waals surface area contributed by atoms with E-state index in [0.717, 1.165) is 4.68 Å². The van der Waals surface area contributed by atoms with Crippen LogP contribution >= 0.6 is 0 Å². The quantitative estimate of drug-likeness (QED) is 0.546. The van der Waals surface area contributed by atoms with Crippen molar-refractivity contribution in [2.75, 3.05) is 5.32 Å². The molecule has 3 aromatic rings. The number of rotatable bonds is 5. The van der Waals surface area contributed by atoms with Crippen LogP contribution in [0.25, 0.3) is 11.3 Å². The number of benzene rings is 1. The SMILES string of the molecule is Cc1ccc([N+](=O)[O-])cc1NC(=O)Cn1nc(-c2cccnc2)ccc1=O. The van der Waals surface area contributed by atoms with Gasteiger partial charge in [0, 0.05) is 36.2 Å². The van der Waals surface area contributed by atoms with Crippen molar-refractivity contribution in [2.45, 2.75) is 13.5 Å². The number of aromatic nitrogens is 3. The lowest BCUT2D eigenvalue weighted by molar-refractivity contribution is -0.384. The summed E-state index contributed by atoms with van der Waals surface area (Å²) in [5.74, 6) is -0.517. The van der Waals surface area contributed by atoms with Gasteiger partial charge in [-0.15, -0.1) is 0 Å². The lowest BCUT2D eigenvalue weighted by atomic mass is 10.2. The van der Waals surface area contributed by atoms with Crippen LogP contribution in [-0.4, -0.2) is 25.6 Å². The number of nitrogens with one attached hydrogen (secondary N) is 1. The van der Waals surface area contributed by atoms with Gasteiger partial charge in [0.1, 0.15) is 6.54 Å². The van der Waals surface area contributed by atoms with Crippen LogP contribution in [0.3, 0.4) is 0 Å². The zero-order valence-electron chi connectivity index (χ0n) is 14.3. The summed E-state index contributed by atoms with van der Waals surface area (Å²) in [6, 6.07) is 10.6. The van der Waals surface area contributed by atoms with Crippen LogP contribution in [0.15, 0.2) is 59.7 Å². The third-order valence-electron chi connectivity index (χ3n) is 3.82. The molecule has 0 aliphatic heterocycles. The molecule has 0 spiro atoms. The zero-order chi connectivity index (χ0) is 19.4. The molecule has 0 fully saturated rings. The Balaban J connectivity index is 1.82. The number of nitro benzene ring substituents is 1. The molecule has 9 nitrogen and oxygen atoms in total. The molecule has 0 atom stereocenters. The van der Waals surface area contributed by atoms with Crippen molar-refractivity contribution in [2.24, 2.45) is 0 Å². The molecule has 0 saturated heterocycles. The number of non-ortho nitro benzene ring substituents is 1. The van der Waals surface area contributed by atoms with Gasteiger partial charge in [-0.3, -0.25) is 24.7 Å². The number of hydrogen-bond acceptors (Lipinski definition) is 6. The third kappa shape index (κ3) is 4.21. The molecule has 0 unspecified atom stereocenters. The second-order valence-electron chi connectivity index (χ2n) is 5.76. The molecule has 136 valence electrons. The van der Waals surface area contributed by atoms with Crippen LogP contribution in [-0.2, 0) is 11.3 Å². The van der Waals surface area contributed by atoms with Crippen LogP contribution in [0, 0.1) is 17.0 Å². The second kappa shape index (κ2) is 7.56. The van der Waals surface area contributed by atoms with Gasteiger partial charge >= 0.3 is 0 Å². The summed E-state index contributed by atoms with van der Waals surface area (Å²) in [6.45, 7) is 1.39. The van der Waals surface area contributed by atoms with Crippen LogP contribution in [0.2, 0.25) is 0 Å². The molecule has 1 N–H and O–H groups in total. The average Bonchev–Trinajstić information content (AvgIpc) is 2.66. The molecular formula is C18H15N5O4. The normalized spacial score (nSPS) is 10.4. The fraction of sp³-hybridized carbons (Fsp3) is 0.111. The molecule has 0 radical (unpaired) electrons. The predicted molar refractivity (Wildman–Crippen MR) is 98.2 cm³/mol. The maximum Gasteiger partial charge on any atom is 0.271 e. The molecule has 0 aliphatic carbocycles. The van der Waals surface area contributed by atoms with Crippen molar-refractivity contribution in [3.63, 3.8) is 0 Å². The van der Waals surface area contributed by atoms with Gasteiger partial charge in [-0.1, -0.05) is 6.07 Å². The van der Waals surface area contributed by atoms with Crippen molar-refractivity contribution in [3.05, 3.63) is 80.9 Å². The monoisotopic (exact) mass is 365 g/mol. The fourth-order valence-electron chi connectivity index (χ4n) is 2.41. The number of amides is 1. The Kier molecular flexibility index (Phi) is 5.02. The summed E-state index contributed by atoms with van der Waals surface area (Å²) in [6.07, 6.45) is 3.22. The van der Waals surface area contributed by atoms with Gasteiger partial charge in [0.05, 0.1) is 16.3 Å². The highest BCUT2D eigenvalue weighted by atomic mass is 16.6. The highest BCUT2D eigenvalue weighted by Crippen LogP contribution is 2.21.